The minimum absolute atomic E-state index is 0.0494. The van der Waals surface area contributed by atoms with Crippen molar-refractivity contribution in [2.75, 3.05) is 36.9 Å². The molecule has 2 saturated heterocycles. The Morgan fingerprint density at radius 1 is 0.868 bits per heavy atom. The maximum atomic E-state index is 14.9. The summed E-state index contributed by atoms with van der Waals surface area (Å²) in [4.78, 5) is 76.9. The number of ether oxygens (including phenoxy) is 3. The minimum atomic E-state index is -3.90. The molecule has 2 aliphatic carbocycles. The summed E-state index contributed by atoms with van der Waals surface area (Å²) in [7, 11) is -2.50. The lowest BCUT2D eigenvalue weighted by Crippen LogP contribution is -2.57. The fourth-order valence-electron chi connectivity index (χ4n) is 10.7. The number of carbonyl (C=O) groups excluding carboxylic acids is 4. The van der Waals surface area contributed by atoms with Gasteiger partial charge in [-0.15, -0.1) is 0 Å². The third kappa shape index (κ3) is 11.7. The van der Waals surface area contributed by atoms with Gasteiger partial charge in [0, 0.05) is 62.1 Å². The van der Waals surface area contributed by atoms with E-state index >= 15 is 0 Å². The first-order valence-electron chi connectivity index (χ1n) is 26.5. The van der Waals surface area contributed by atoms with Gasteiger partial charge in [0.2, 0.25) is 17.8 Å². The molecule has 4 aliphatic rings. The van der Waals surface area contributed by atoms with Gasteiger partial charge in [-0.3, -0.25) is 19.5 Å². The molecule has 5 atom stereocenters. The van der Waals surface area contributed by atoms with Gasteiger partial charge < -0.3 is 45.3 Å². The van der Waals surface area contributed by atoms with Crippen LogP contribution in [0.1, 0.15) is 120 Å². The van der Waals surface area contributed by atoms with Crippen LogP contribution in [0.4, 0.5) is 22.4 Å². The highest BCUT2D eigenvalue weighted by Gasteiger charge is 2.46. The van der Waals surface area contributed by atoms with E-state index < -0.39 is 50.9 Å². The van der Waals surface area contributed by atoms with Crippen LogP contribution in [0.2, 0.25) is 0 Å². The van der Waals surface area contributed by atoms with E-state index in [0.717, 1.165) is 68.2 Å². The van der Waals surface area contributed by atoms with Crippen molar-refractivity contribution in [1.29, 1.82) is 0 Å². The van der Waals surface area contributed by atoms with Crippen molar-refractivity contribution >= 4 is 62.1 Å². The molecule has 22 heteroatoms. The summed E-state index contributed by atoms with van der Waals surface area (Å²) in [6.07, 6.45) is 9.85. The van der Waals surface area contributed by atoms with Gasteiger partial charge in [-0.05, 0) is 96.8 Å². The van der Waals surface area contributed by atoms with Crippen LogP contribution in [0.5, 0.6) is 11.5 Å². The van der Waals surface area contributed by atoms with Crippen molar-refractivity contribution in [2.24, 2.45) is 5.92 Å². The van der Waals surface area contributed by atoms with Crippen molar-refractivity contribution in [2.45, 2.75) is 158 Å². The number of hydrogen-bond donors (Lipinski definition) is 5. The lowest BCUT2D eigenvalue weighted by Gasteiger charge is -2.35. The molecule has 21 nitrogen and oxygen atoms in total. The molecule has 406 valence electrons. The number of carbonyl (C=O) groups is 4. The highest BCUT2D eigenvalue weighted by atomic mass is 32.2. The van der Waals surface area contributed by atoms with Crippen LogP contribution >= 0.6 is 0 Å². The van der Waals surface area contributed by atoms with Crippen molar-refractivity contribution in [3.8, 4) is 11.5 Å². The van der Waals surface area contributed by atoms with E-state index in [0.29, 0.717) is 60.2 Å². The summed E-state index contributed by atoms with van der Waals surface area (Å²) in [6, 6.07) is 9.27. The van der Waals surface area contributed by atoms with E-state index in [2.05, 4.69) is 57.5 Å². The van der Waals surface area contributed by atoms with Crippen molar-refractivity contribution < 1.29 is 41.8 Å². The fourth-order valence-corrected chi connectivity index (χ4v) is 12.0. The first-order valence-corrected chi connectivity index (χ1v) is 28.0. The van der Waals surface area contributed by atoms with E-state index in [1.54, 1.807) is 50.2 Å². The van der Waals surface area contributed by atoms with Crippen LogP contribution in [0, 0.1) is 19.8 Å². The van der Waals surface area contributed by atoms with E-state index in [1.807, 2.05) is 36.9 Å². The second-order valence-electron chi connectivity index (χ2n) is 21.4. The normalized spacial score (nSPS) is 20.3. The average Bonchev–Trinajstić information content (AvgIpc) is 4.00. The number of aryl methyl sites for hydroxylation is 2. The molecule has 76 heavy (non-hydrogen) atoms. The summed E-state index contributed by atoms with van der Waals surface area (Å²) in [5, 5.41) is 19.6. The third-order valence-corrected chi connectivity index (χ3v) is 17.8. The number of rotatable bonds is 15. The Balaban J connectivity index is 0.889. The van der Waals surface area contributed by atoms with Gasteiger partial charge in [-0.1, -0.05) is 43.5 Å². The Morgan fingerprint density at radius 3 is 2.30 bits per heavy atom. The molecule has 5 aromatic rings. The zero-order valence-electron chi connectivity index (χ0n) is 44.4. The number of anilines is 3. The van der Waals surface area contributed by atoms with E-state index in [-0.39, 0.29) is 53.5 Å². The molecule has 5 heterocycles. The predicted molar refractivity (Wildman–Crippen MR) is 284 cm³/mol. The molecule has 1 saturated carbocycles. The van der Waals surface area contributed by atoms with Crippen LogP contribution in [0.3, 0.4) is 0 Å². The molecule has 4 amide bonds. The summed E-state index contributed by atoms with van der Waals surface area (Å²) in [6.45, 7) is 11.4. The number of sulfone groups is 1. The molecule has 3 fully saturated rings. The summed E-state index contributed by atoms with van der Waals surface area (Å²) in [5.74, 6) is 0.571. The molecule has 0 spiro atoms. The van der Waals surface area contributed by atoms with Crippen molar-refractivity contribution in [3.63, 3.8) is 0 Å². The van der Waals surface area contributed by atoms with Gasteiger partial charge >= 0.3 is 6.09 Å². The molecular weight excluding hydrogens is 993 g/mol. The van der Waals surface area contributed by atoms with Gasteiger partial charge in [0.05, 0.1) is 35.2 Å². The van der Waals surface area contributed by atoms with Crippen LogP contribution < -0.4 is 35.6 Å². The summed E-state index contributed by atoms with van der Waals surface area (Å²) in [5.41, 5.74) is 4.57. The zero-order valence-corrected chi connectivity index (χ0v) is 45.2. The first kappa shape index (κ1) is 53.7. The molecule has 9 rings (SSSR count). The lowest BCUT2D eigenvalue weighted by molar-refractivity contribution is -0.144. The number of alkyl carbamates (subject to hydrolysis) is 1. The summed E-state index contributed by atoms with van der Waals surface area (Å²) < 4.78 is 45.5. The van der Waals surface area contributed by atoms with E-state index in [4.69, 9.17) is 14.2 Å². The van der Waals surface area contributed by atoms with Crippen LogP contribution in [-0.4, -0.2) is 129 Å². The lowest BCUT2D eigenvalue weighted by atomic mass is 9.83. The van der Waals surface area contributed by atoms with Crippen LogP contribution in [0.25, 0.3) is 10.9 Å². The largest absolute Gasteiger partial charge is 0.489 e. The molecule has 2 aromatic carbocycles. The van der Waals surface area contributed by atoms with Crippen LogP contribution in [-0.2, 0) is 35.4 Å². The van der Waals surface area contributed by atoms with Crippen LogP contribution in [0.15, 0.2) is 60.0 Å². The first-order chi connectivity index (χ1) is 36.4. The average molecular weight is 1060 g/mol. The molecular formula is C54H70N12O9S. The highest BCUT2D eigenvalue weighted by molar-refractivity contribution is 7.92. The maximum absolute atomic E-state index is 14.9. The van der Waals surface area contributed by atoms with Crippen molar-refractivity contribution in [3.05, 3.63) is 77.5 Å². The number of aromatic nitrogens is 6. The number of nitrogens with one attached hydrogen (secondary N) is 5. The van der Waals surface area contributed by atoms with Crippen molar-refractivity contribution in [1.82, 2.24) is 51.0 Å². The van der Waals surface area contributed by atoms with E-state index in [1.165, 1.54) is 25.9 Å². The number of aromatic amines is 1. The summed E-state index contributed by atoms with van der Waals surface area (Å²) >= 11 is 0. The third-order valence-electron chi connectivity index (χ3n) is 15.3. The number of hydrogen-bond acceptors (Lipinski definition) is 16. The van der Waals surface area contributed by atoms with Gasteiger partial charge in [0.1, 0.15) is 47.1 Å². The predicted octanol–water partition coefficient (Wildman–Crippen LogP) is 6.48. The smallest absolute Gasteiger partial charge is 0.407 e. The topological polar surface area (TPSA) is 265 Å². The van der Waals surface area contributed by atoms with Gasteiger partial charge in [-0.2, -0.15) is 5.10 Å². The maximum Gasteiger partial charge on any atom is 0.407 e. The quantitative estimate of drug-likeness (QED) is 0.0752. The Labute approximate surface area is 443 Å². The molecule has 3 aromatic heterocycles. The van der Waals surface area contributed by atoms with Gasteiger partial charge in [0.15, 0.2) is 27.5 Å². The second-order valence-corrected chi connectivity index (χ2v) is 24.1. The standard InChI is InChI=1S/C54H70N12O9S/c1-31-32(2)63-64-47(31)62-48-40-25-45(76(71,72)54(4,5)6)44(26-42(40)58-30-59-48)75-36-20-22-65(23-21-36)52-56-27-38(28-57-52)74-37-24-43(50(68)60-41-19-13-17-34-14-11-12-18-39(34)41)66(29-37)51(69)46(35-15-9-8-10-16-35)61-49(67)33(3)73-53(70)55-7/h11-12,14,18,25-28,30,33,35-37,41,43,46H,8-10,13,15-17,19-24,29H2,1-7H3,(H,55,70)(H,60,68)(H,61,67)(H2,58,59,62,63,64)/t33?,37-,41+,43-,46?/m0/s1. The monoisotopic (exact) mass is 1060 g/mol. The fraction of sp³-hybridized carbons (Fsp3) is 0.537. The number of amides is 4. The van der Waals surface area contributed by atoms with Gasteiger partial charge in [-0.25, -0.2) is 33.1 Å². The molecule has 5 N–H and O–H groups in total. The number of fused-ring (bicyclic) bond motifs is 2. The number of H-pyrrole nitrogens is 1. The molecule has 2 aliphatic heterocycles. The Morgan fingerprint density at radius 2 is 1.61 bits per heavy atom. The Kier molecular flexibility index (Phi) is 16.0. The highest BCUT2D eigenvalue weighted by Crippen LogP contribution is 2.39. The number of likely N-dealkylation sites (tertiary alicyclic amines) is 1. The molecule has 2 unspecified atom stereocenters. The molecule has 0 radical (unpaired) electrons. The number of piperidine rings is 1. The minimum Gasteiger partial charge on any atom is -0.489 e. The number of benzene rings is 2. The van der Waals surface area contributed by atoms with E-state index in [9.17, 15) is 27.6 Å². The second kappa shape index (κ2) is 22.6. The molecule has 0 bridgehead atoms. The van der Waals surface area contributed by atoms with Gasteiger partial charge in [0.25, 0.3) is 5.91 Å². The Hall–Kier alpha value is -7.10. The zero-order chi connectivity index (χ0) is 53.9. The number of nitrogens with zero attached hydrogens (tertiary/aromatic N) is 7. The SMILES string of the molecule is CNC(=O)OC(C)C(=O)NC(C(=O)N1C[C@@H](Oc2cnc(N3CCC(Oc4cc5ncnc(Nc6n[nH]c(C)c6C)c5cc4S(=O)(=O)C(C)(C)C)CC3)nc2)C[C@H]1C(=O)N[C@@H]1CCCc2ccccc21)C1CCCCC1. The Bertz CT molecular complexity index is 3040.